The molecule has 2 rings (SSSR count). The van der Waals surface area contributed by atoms with E-state index in [-0.39, 0.29) is 5.63 Å². The van der Waals surface area contributed by atoms with Gasteiger partial charge < -0.3 is 4.42 Å². The molecule has 1 aromatic heterocycles. The minimum absolute atomic E-state index is 0.296. The van der Waals surface area contributed by atoms with Crippen molar-refractivity contribution in [3.63, 3.8) is 0 Å². The van der Waals surface area contributed by atoms with Gasteiger partial charge in [-0.2, -0.15) is 0 Å². The van der Waals surface area contributed by atoms with Crippen molar-refractivity contribution < 1.29 is 4.42 Å². The lowest BCUT2D eigenvalue weighted by molar-refractivity contribution is 0.561. The molecule has 0 amide bonds. The van der Waals surface area contributed by atoms with E-state index in [1.54, 1.807) is 6.07 Å². The molecule has 1 heterocycles. The van der Waals surface area contributed by atoms with Crippen LogP contribution in [0.15, 0.2) is 39.5 Å². The Kier molecular flexibility index (Phi) is 2.12. The second-order valence-electron chi connectivity index (χ2n) is 3.71. The quantitative estimate of drug-likeness (QED) is 0.644. The average molecular weight is 188 g/mol. The number of rotatable bonds is 1. The van der Waals surface area contributed by atoms with Gasteiger partial charge in [-0.15, -0.1) is 0 Å². The lowest BCUT2D eigenvalue weighted by Gasteiger charge is -2.05. The van der Waals surface area contributed by atoms with Gasteiger partial charge in [-0.3, -0.25) is 0 Å². The maximum absolute atomic E-state index is 10.9. The topological polar surface area (TPSA) is 30.2 Å². The Morgan fingerprint density at radius 2 is 1.93 bits per heavy atom. The molecule has 0 spiro atoms. The average Bonchev–Trinajstić information content (AvgIpc) is 2.16. The molecule has 14 heavy (non-hydrogen) atoms. The number of benzene rings is 1. The summed E-state index contributed by atoms with van der Waals surface area (Å²) in [6.45, 7) is 4.28. The third-order valence-corrected chi connectivity index (χ3v) is 2.31. The van der Waals surface area contributed by atoms with Gasteiger partial charge in [0.25, 0.3) is 0 Å². The van der Waals surface area contributed by atoms with Gasteiger partial charge in [0.2, 0.25) is 0 Å². The first-order chi connectivity index (χ1) is 6.66. The van der Waals surface area contributed by atoms with E-state index in [0.29, 0.717) is 11.5 Å². The zero-order valence-corrected chi connectivity index (χ0v) is 8.28. The summed E-state index contributed by atoms with van der Waals surface area (Å²) in [6.07, 6.45) is 0. The number of fused-ring (bicyclic) bond motifs is 1. The number of hydrogen-bond donors (Lipinski definition) is 0. The van der Waals surface area contributed by atoms with Crippen molar-refractivity contribution in [3.8, 4) is 0 Å². The van der Waals surface area contributed by atoms with E-state index in [1.807, 2.05) is 12.1 Å². The van der Waals surface area contributed by atoms with Crippen molar-refractivity contribution in [2.24, 2.45) is 0 Å². The van der Waals surface area contributed by atoms with Gasteiger partial charge in [-0.1, -0.05) is 19.9 Å². The molecular weight excluding hydrogens is 176 g/mol. The molecule has 0 aliphatic heterocycles. The summed E-state index contributed by atoms with van der Waals surface area (Å²) < 4.78 is 5.04. The Balaban J connectivity index is 2.67. The summed E-state index contributed by atoms with van der Waals surface area (Å²) in [5.41, 5.74) is 1.61. The van der Waals surface area contributed by atoms with Gasteiger partial charge >= 0.3 is 5.63 Å². The van der Waals surface area contributed by atoms with Crippen LogP contribution in [0.3, 0.4) is 0 Å². The van der Waals surface area contributed by atoms with Crippen LogP contribution >= 0.6 is 0 Å². The van der Waals surface area contributed by atoms with Gasteiger partial charge in [0, 0.05) is 11.5 Å². The van der Waals surface area contributed by atoms with E-state index in [9.17, 15) is 4.79 Å². The molecule has 1 aromatic carbocycles. The third-order valence-electron chi connectivity index (χ3n) is 2.31. The highest BCUT2D eigenvalue weighted by Gasteiger charge is 2.01. The molecule has 0 N–H and O–H groups in total. The molecule has 2 heteroatoms. The summed E-state index contributed by atoms with van der Waals surface area (Å²) in [4.78, 5) is 10.9. The molecule has 0 saturated carbocycles. The Morgan fingerprint density at radius 1 is 1.14 bits per heavy atom. The summed E-state index contributed by atoms with van der Waals surface area (Å²) in [5.74, 6) is 0.492. The molecule has 0 fully saturated rings. The Morgan fingerprint density at radius 3 is 2.64 bits per heavy atom. The van der Waals surface area contributed by atoms with Crippen LogP contribution in [0.1, 0.15) is 25.3 Å². The normalized spacial score (nSPS) is 11.1. The highest BCUT2D eigenvalue weighted by atomic mass is 16.4. The van der Waals surface area contributed by atoms with Crippen LogP contribution in [-0.4, -0.2) is 0 Å². The molecule has 0 unspecified atom stereocenters. The standard InChI is InChI=1S/C12H12O2/c1-8(2)9-3-5-11-10(7-9)4-6-12(13)14-11/h3-8H,1-2H3. The van der Waals surface area contributed by atoms with Crippen molar-refractivity contribution in [1.82, 2.24) is 0 Å². The van der Waals surface area contributed by atoms with Crippen LogP contribution in [0.4, 0.5) is 0 Å². The van der Waals surface area contributed by atoms with Crippen LogP contribution < -0.4 is 5.63 Å². The first kappa shape index (κ1) is 9.00. The lowest BCUT2D eigenvalue weighted by atomic mass is 10.0. The van der Waals surface area contributed by atoms with E-state index in [4.69, 9.17) is 4.42 Å². The molecule has 0 saturated heterocycles. The molecule has 0 bridgehead atoms. The summed E-state index contributed by atoms with van der Waals surface area (Å²) in [5, 5.41) is 0.982. The first-order valence-corrected chi connectivity index (χ1v) is 4.70. The molecule has 2 aromatic rings. The highest BCUT2D eigenvalue weighted by molar-refractivity contribution is 5.77. The smallest absolute Gasteiger partial charge is 0.336 e. The van der Waals surface area contributed by atoms with Crippen molar-refractivity contribution in [2.45, 2.75) is 19.8 Å². The van der Waals surface area contributed by atoms with E-state index in [0.717, 1.165) is 5.39 Å². The molecule has 0 atom stereocenters. The maximum Gasteiger partial charge on any atom is 0.336 e. The molecular formula is C12H12O2. The molecule has 2 nitrogen and oxygen atoms in total. The summed E-state index contributed by atoms with van der Waals surface area (Å²) in [6, 6.07) is 9.16. The lowest BCUT2D eigenvalue weighted by Crippen LogP contribution is -1.95. The Bertz CT molecular complexity index is 509. The second-order valence-corrected chi connectivity index (χ2v) is 3.71. The first-order valence-electron chi connectivity index (χ1n) is 4.70. The van der Waals surface area contributed by atoms with E-state index in [1.165, 1.54) is 11.6 Å². The van der Waals surface area contributed by atoms with Crippen molar-refractivity contribution in [1.29, 1.82) is 0 Å². The fraction of sp³-hybridized carbons (Fsp3) is 0.250. The van der Waals surface area contributed by atoms with Gasteiger partial charge in [-0.05, 0) is 29.7 Å². The second kappa shape index (κ2) is 3.29. The van der Waals surface area contributed by atoms with Gasteiger partial charge in [-0.25, -0.2) is 4.79 Å². The fourth-order valence-electron chi connectivity index (χ4n) is 1.45. The Hall–Kier alpha value is -1.57. The predicted octanol–water partition coefficient (Wildman–Crippen LogP) is 2.92. The summed E-state index contributed by atoms with van der Waals surface area (Å²) >= 11 is 0. The van der Waals surface area contributed by atoms with E-state index in [2.05, 4.69) is 19.9 Å². The number of hydrogen-bond acceptors (Lipinski definition) is 2. The van der Waals surface area contributed by atoms with Crippen LogP contribution in [-0.2, 0) is 0 Å². The largest absolute Gasteiger partial charge is 0.423 e. The highest BCUT2D eigenvalue weighted by Crippen LogP contribution is 2.19. The Labute approximate surface area is 82.2 Å². The van der Waals surface area contributed by atoms with Crippen molar-refractivity contribution in [3.05, 3.63) is 46.3 Å². The van der Waals surface area contributed by atoms with Crippen LogP contribution in [0.25, 0.3) is 11.0 Å². The zero-order valence-electron chi connectivity index (χ0n) is 8.28. The van der Waals surface area contributed by atoms with Gasteiger partial charge in [0.1, 0.15) is 5.58 Å². The zero-order chi connectivity index (χ0) is 10.1. The van der Waals surface area contributed by atoms with Gasteiger partial charge in [0.15, 0.2) is 0 Å². The minimum Gasteiger partial charge on any atom is -0.423 e. The van der Waals surface area contributed by atoms with E-state index >= 15 is 0 Å². The van der Waals surface area contributed by atoms with E-state index < -0.39 is 0 Å². The minimum atomic E-state index is -0.296. The van der Waals surface area contributed by atoms with Crippen molar-refractivity contribution in [2.75, 3.05) is 0 Å². The molecule has 0 aliphatic rings. The van der Waals surface area contributed by atoms with Crippen LogP contribution in [0, 0.1) is 0 Å². The summed E-state index contributed by atoms with van der Waals surface area (Å²) in [7, 11) is 0. The maximum atomic E-state index is 10.9. The van der Waals surface area contributed by atoms with Gasteiger partial charge in [0.05, 0.1) is 0 Å². The van der Waals surface area contributed by atoms with Crippen LogP contribution in [0.5, 0.6) is 0 Å². The molecule has 0 radical (unpaired) electrons. The molecule has 72 valence electrons. The SMILES string of the molecule is CC(C)c1ccc2oc(=O)ccc2c1. The molecule has 0 aliphatic carbocycles. The van der Waals surface area contributed by atoms with Crippen molar-refractivity contribution >= 4 is 11.0 Å². The predicted molar refractivity (Wildman–Crippen MR) is 56.6 cm³/mol. The van der Waals surface area contributed by atoms with Crippen LogP contribution in [0.2, 0.25) is 0 Å². The third kappa shape index (κ3) is 1.55. The monoisotopic (exact) mass is 188 g/mol. The fourth-order valence-corrected chi connectivity index (χ4v) is 1.45.